The van der Waals surface area contributed by atoms with Crippen molar-refractivity contribution < 1.29 is 75.7 Å². The van der Waals surface area contributed by atoms with Gasteiger partial charge in [-0.2, -0.15) is 0 Å². The molecule has 0 aliphatic rings. The van der Waals surface area contributed by atoms with Crippen LogP contribution in [0.5, 0.6) is 0 Å². The van der Waals surface area contributed by atoms with Crippen LogP contribution in [0.2, 0.25) is 0 Å². The monoisotopic (exact) mass is 443 g/mol. The summed E-state index contributed by atoms with van der Waals surface area (Å²) in [6.07, 6.45) is -1.39. The molecule has 2 unspecified atom stereocenters. The van der Waals surface area contributed by atoms with Gasteiger partial charge in [-0.1, -0.05) is 0 Å². The maximum atomic E-state index is 10.7. The molecular weight excluding hydrogens is 428 g/mol. The fourth-order valence-corrected chi connectivity index (χ4v) is 1.01. The van der Waals surface area contributed by atoms with Gasteiger partial charge in [-0.25, -0.2) is 9.59 Å². The Morgan fingerprint density at radius 1 is 0.741 bits per heavy atom. The Labute approximate surface area is 161 Å². The summed E-state index contributed by atoms with van der Waals surface area (Å²) in [6, 6.07) is -2.77. The Morgan fingerprint density at radius 2 is 1.00 bits per heavy atom. The van der Waals surface area contributed by atoms with Crippen LogP contribution in [0.1, 0.15) is 12.8 Å². The predicted octanol–water partition coefficient (Wildman–Crippen LogP) is -5.84. The molecule has 0 bridgehead atoms. The molecule has 14 nitrogen and oxygen atoms in total. The summed E-state index contributed by atoms with van der Waals surface area (Å²) < 4.78 is 8.22. The van der Waals surface area contributed by atoms with Gasteiger partial charge in [0.15, 0.2) is 13.2 Å². The van der Waals surface area contributed by atoms with E-state index in [0.717, 1.165) is 0 Å². The zero-order valence-corrected chi connectivity index (χ0v) is 14.4. The fraction of sp³-hybridized carbons (Fsp3) is 0.500. The molecule has 0 aromatic carbocycles. The molecule has 1 radical (unpaired) electrons. The van der Waals surface area contributed by atoms with E-state index in [9.17, 15) is 39.0 Å². The van der Waals surface area contributed by atoms with Crippen molar-refractivity contribution in [3.8, 4) is 0 Å². The van der Waals surface area contributed by atoms with Crippen LogP contribution in [0, 0.1) is 0 Å². The summed E-state index contributed by atoms with van der Waals surface area (Å²) in [5.41, 5.74) is 10.0. The normalized spacial score (nSPS) is 11.3. The number of carbonyl (C=O) groups is 6. The first kappa shape index (κ1) is 29.0. The number of esters is 2. The molecule has 0 aromatic heterocycles. The van der Waals surface area contributed by atoms with Crippen LogP contribution in [0.15, 0.2) is 0 Å². The standard InChI is InChI=1S/2C6H9NO6.Cu/c2*7-3(1-4(8)9)6(12)13-2-5(10)11;/h2*3H,1-2,7H2,(H,8,9)(H,10,11);/q;;+2/p-2. The van der Waals surface area contributed by atoms with Gasteiger partial charge in [-0.15, -0.1) is 0 Å². The van der Waals surface area contributed by atoms with E-state index in [2.05, 4.69) is 9.47 Å². The van der Waals surface area contributed by atoms with E-state index in [0.29, 0.717) is 0 Å². The molecule has 0 rings (SSSR count). The van der Waals surface area contributed by atoms with Gasteiger partial charge in [0.2, 0.25) is 0 Å². The van der Waals surface area contributed by atoms with Crippen LogP contribution in [-0.2, 0) is 55.3 Å². The SMILES string of the molecule is NC(CC(=O)[O-])C(=O)OCC(=O)O.NC(CC(=O)[O-])C(=O)OCC(=O)O.[Cu+2]. The number of aliphatic carboxylic acids is 4. The van der Waals surface area contributed by atoms with Gasteiger partial charge in [0.05, 0.1) is 0 Å². The molecule has 0 fully saturated rings. The Morgan fingerprint density at radius 3 is 1.19 bits per heavy atom. The number of hydrogen-bond donors (Lipinski definition) is 4. The third-order valence-electron chi connectivity index (χ3n) is 2.05. The second-order valence-corrected chi connectivity index (χ2v) is 4.37. The van der Waals surface area contributed by atoms with E-state index in [4.69, 9.17) is 21.7 Å². The third kappa shape index (κ3) is 19.4. The van der Waals surface area contributed by atoms with Crippen molar-refractivity contribution in [2.45, 2.75) is 24.9 Å². The Kier molecular flexibility index (Phi) is 16.7. The van der Waals surface area contributed by atoms with Crippen LogP contribution >= 0.6 is 0 Å². The fourth-order valence-electron chi connectivity index (χ4n) is 1.01. The van der Waals surface area contributed by atoms with Gasteiger partial charge in [0, 0.05) is 24.8 Å². The molecule has 0 saturated carbocycles. The number of hydrogen-bond acceptors (Lipinski definition) is 12. The van der Waals surface area contributed by atoms with Crippen molar-refractivity contribution in [2.75, 3.05) is 13.2 Å². The first-order chi connectivity index (χ1) is 11.9. The van der Waals surface area contributed by atoms with Crippen LogP contribution in [0.25, 0.3) is 0 Å². The number of rotatable bonds is 10. The average Bonchev–Trinajstić information content (AvgIpc) is 2.49. The summed E-state index contributed by atoms with van der Waals surface area (Å²) in [4.78, 5) is 61.0. The topological polar surface area (TPSA) is 260 Å². The van der Waals surface area contributed by atoms with Crippen molar-refractivity contribution in [3.63, 3.8) is 0 Å². The summed E-state index contributed by atoms with van der Waals surface area (Å²) >= 11 is 0. The molecular formula is C12H16CuN2O12. The van der Waals surface area contributed by atoms with Crippen molar-refractivity contribution in [1.82, 2.24) is 0 Å². The molecule has 0 spiro atoms. The summed E-state index contributed by atoms with van der Waals surface area (Å²) in [6.45, 7) is -1.67. The maximum Gasteiger partial charge on any atom is 2.00 e. The minimum atomic E-state index is -1.50. The minimum absolute atomic E-state index is 0. The van der Waals surface area contributed by atoms with Crippen molar-refractivity contribution in [3.05, 3.63) is 0 Å². The molecule has 0 aliphatic heterocycles. The van der Waals surface area contributed by atoms with Gasteiger partial charge in [-0.3, -0.25) is 9.59 Å². The van der Waals surface area contributed by atoms with Gasteiger partial charge in [0.1, 0.15) is 12.1 Å². The zero-order chi connectivity index (χ0) is 20.9. The maximum absolute atomic E-state index is 10.7. The summed E-state index contributed by atoms with van der Waals surface area (Å²) in [7, 11) is 0. The molecule has 0 amide bonds. The van der Waals surface area contributed by atoms with Gasteiger partial charge >= 0.3 is 40.9 Å². The van der Waals surface area contributed by atoms with Crippen molar-refractivity contribution in [1.29, 1.82) is 0 Å². The van der Waals surface area contributed by atoms with Crippen LogP contribution in [0.4, 0.5) is 0 Å². The average molecular weight is 444 g/mol. The number of carbonyl (C=O) groups excluding carboxylic acids is 4. The molecule has 2 atom stereocenters. The third-order valence-corrected chi connectivity index (χ3v) is 2.05. The van der Waals surface area contributed by atoms with Gasteiger partial charge in [0.25, 0.3) is 0 Å². The van der Waals surface area contributed by atoms with Crippen LogP contribution in [0.3, 0.4) is 0 Å². The molecule has 27 heavy (non-hydrogen) atoms. The predicted molar refractivity (Wildman–Crippen MR) is 72.4 cm³/mol. The molecule has 6 N–H and O–H groups in total. The minimum Gasteiger partial charge on any atom is -0.550 e. The van der Waals surface area contributed by atoms with E-state index in [-0.39, 0.29) is 17.1 Å². The first-order valence-corrected chi connectivity index (χ1v) is 6.54. The quantitative estimate of drug-likeness (QED) is 0.181. The number of nitrogens with two attached hydrogens (primary N) is 2. The van der Waals surface area contributed by atoms with Gasteiger partial charge < -0.3 is 51.0 Å². The van der Waals surface area contributed by atoms with Gasteiger partial charge in [-0.05, 0) is 0 Å². The van der Waals surface area contributed by atoms with E-state index < -0.39 is 74.0 Å². The second kappa shape index (κ2) is 15.5. The molecule has 0 heterocycles. The molecule has 157 valence electrons. The molecule has 0 aliphatic carbocycles. The Bertz CT molecular complexity index is 504. The van der Waals surface area contributed by atoms with E-state index >= 15 is 0 Å². The molecule has 0 aromatic rings. The molecule has 0 saturated heterocycles. The van der Waals surface area contributed by atoms with E-state index in [1.165, 1.54) is 0 Å². The van der Waals surface area contributed by atoms with Crippen molar-refractivity contribution >= 4 is 35.8 Å². The smallest absolute Gasteiger partial charge is 0.550 e. The van der Waals surface area contributed by atoms with E-state index in [1.807, 2.05) is 0 Å². The Hall–Kier alpha value is -2.74. The van der Waals surface area contributed by atoms with E-state index in [1.54, 1.807) is 0 Å². The largest absolute Gasteiger partial charge is 2.00 e. The summed E-state index contributed by atoms with van der Waals surface area (Å²) in [5.74, 6) is -7.83. The molecule has 15 heteroatoms. The van der Waals surface area contributed by atoms with Crippen molar-refractivity contribution in [2.24, 2.45) is 11.5 Å². The Balaban J connectivity index is -0.000000411. The number of carboxylic acid groups (broad SMARTS) is 4. The van der Waals surface area contributed by atoms with Crippen LogP contribution < -0.4 is 21.7 Å². The first-order valence-electron chi connectivity index (χ1n) is 6.54. The summed E-state index contributed by atoms with van der Waals surface area (Å²) in [5, 5.41) is 36.0. The number of ether oxygens (including phenoxy) is 2. The zero-order valence-electron chi connectivity index (χ0n) is 13.4. The van der Waals surface area contributed by atoms with Crippen LogP contribution in [-0.4, -0.2) is 71.3 Å². The number of carboxylic acids is 4. The second-order valence-electron chi connectivity index (χ2n) is 4.37.